The Labute approximate surface area is 390 Å². The van der Waals surface area contributed by atoms with Crippen molar-refractivity contribution < 1.29 is 19.1 Å². The summed E-state index contributed by atoms with van der Waals surface area (Å²) in [7, 11) is 3.20. The summed E-state index contributed by atoms with van der Waals surface area (Å²) >= 11 is 0. The highest BCUT2D eigenvalue weighted by Gasteiger charge is 2.39. The number of benzene rings is 2. The van der Waals surface area contributed by atoms with Crippen molar-refractivity contribution in [3.8, 4) is 22.9 Å². The molecule has 5 rings (SSSR count). The van der Waals surface area contributed by atoms with Gasteiger partial charge in [0.1, 0.15) is 17.5 Å². The molecule has 0 saturated carbocycles. The summed E-state index contributed by atoms with van der Waals surface area (Å²) in [4.78, 5) is 33.0. The van der Waals surface area contributed by atoms with E-state index in [4.69, 9.17) is 14.6 Å². The van der Waals surface area contributed by atoms with Crippen LogP contribution in [-0.2, 0) is 16.6 Å². The van der Waals surface area contributed by atoms with Crippen LogP contribution in [0, 0.1) is 0 Å². The zero-order chi connectivity index (χ0) is 46.8. The molecule has 4 aromatic rings. The van der Waals surface area contributed by atoms with Crippen LogP contribution < -0.4 is 24.9 Å². The summed E-state index contributed by atoms with van der Waals surface area (Å²) < 4.78 is 12.8. The number of anilines is 1. The van der Waals surface area contributed by atoms with Gasteiger partial charge in [-0.25, -0.2) is 0 Å². The first kappa shape index (κ1) is 50.8. The molecule has 11 heteroatoms. The molecule has 2 amide bonds. The van der Waals surface area contributed by atoms with Crippen LogP contribution in [0.2, 0.25) is 0 Å². The summed E-state index contributed by atoms with van der Waals surface area (Å²) in [5, 5.41) is 17.5. The van der Waals surface area contributed by atoms with Gasteiger partial charge in [0.25, 0.3) is 5.91 Å². The summed E-state index contributed by atoms with van der Waals surface area (Å²) in [5.41, 5.74) is 6.24. The third kappa shape index (κ3) is 13.0. The lowest BCUT2D eigenvalue weighted by Crippen LogP contribution is -2.48. The molecule has 0 aliphatic carbocycles. The van der Waals surface area contributed by atoms with E-state index in [0.29, 0.717) is 46.8 Å². The molecule has 1 N–H and O–H groups in total. The van der Waals surface area contributed by atoms with Crippen molar-refractivity contribution in [1.82, 2.24) is 30.0 Å². The molecule has 0 bridgehead atoms. The van der Waals surface area contributed by atoms with Gasteiger partial charge in [-0.15, -0.1) is 10.2 Å². The number of hydrogen-bond acceptors (Lipinski definition) is 8. The Morgan fingerprint density at radius 2 is 1.42 bits per heavy atom. The second-order valence-electron chi connectivity index (χ2n) is 18.3. The van der Waals surface area contributed by atoms with Crippen LogP contribution in [-0.4, -0.2) is 76.4 Å². The van der Waals surface area contributed by atoms with Crippen LogP contribution in [0.15, 0.2) is 60.3 Å². The number of carbonyl (C=O) groups excluding carboxylic acids is 2. The van der Waals surface area contributed by atoms with Gasteiger partial charge in [0.05, 0.1) is 25.0 Å². The van der Waals surface area contributed by atoms with E-state index in [1.807, 2.05) is 41.3 Å². The summed E-state index contributed by atoms with van der Waals surface area (Å²) in [6, 6.07) is 11.7. The smallest absolute Gasteiger partial charge is 0.273 e. The van der Waals surface area contributed by atoms with Crippen molar-refractivity contribution in [1.29, 1.82) is 0 Å². The molecule has 354 valence electrons. The van der Waals surface area contributed by atoms with E-state index >= 15 is 0 Å². The van der Waals surface area contributed by atoms with E-state index in [-0.39, 0.29) is 17.0 Å². The molecule has 65 heavy (non-hydrogen) atoms. The fraction of sp³-hybridized carbons (Fsp3) is 0.574. The maximum atomic E-state index is 14.4. The Morgan fingerprint density at radius 3 is 2.06 bits per heavy atom. The lowest BCUT2D eigenvalue weighted by molar-refractivity contribution is -0.133. The highest BCUT2D eigenvalue weighted by atomic mass is 16.5. The number of aryl methyl sites for hydroxylation is 1. The number of hydrogen-bond donors (Lipinski definition) is 1. The first-order chi connectivity index (χ1) is 31.5. The second kappa shape index (κ2) is 25.5. The average molecular weight is 890 g/mol. The number of carbonyl (C=O) groups is 2. The Bertz CT molecular complexity index is 2240. The normalized spacial score (nSPS) is 14.8. The Hall–Kier alpha value is -5.19. The largest absolute Gasteiger partial charge is 0.497 e. The molecule has 0 saturated heterocycles. The van der Waals surface area contributed by atoms with Gasteiger partial charge < -0.3 is 24.6 Å². The van der Waals surface area contributed by atoms with Crippen molar-refractivity contribution in [3.63, 3.8) is 0 Å². The molecular weight excluding hydrogens is 811 g/mol. The number of rotatable bonds is 28. The number of amides is 2. The van der Waals surface area contributed by atoms with E-state index in [2.05, 4.69) is 86.2 Å². The maximum Gasteiger partial charge on any atom is 0.273 e. The van der Waals surface area contributed by atoms with Gasteiger partial charge >= 0.3 is 0 Å². The van der Waals surface area contributed by atoms with Crippen LogP contribution in [0.25, 0.3) is 23.1 Å². The van der Waals surface area contributed by atoms with Crippen LogP contribution in [0.5, 0.6) is 11.5 Å². The zero-order valence-electron chi connectivity index (χ0n) is 41.3. The average Bonchev–Trinajstić information content (AvgIpc) is 3.95. The first-order valence-corrected chi connectivity index (χ1v) is 24.9. The van der Waals surface area contributed by atoms with Gasteiger partial charge in [0.2, 0.25) is 5.91 Å². The van der Waals surface area contributed by atoms with E-state index < -0.39 is 11.9 Å². The molecule has 1 unspecified atom stereocenters. The molecule has 0 radical (unpaired) electrons. The Morgan fingerprint density at radius 1 is 0.769 bits per heavy atom. The standard InChI is InChI=1S/C54H79N7O4/c1-10-14-18-20-22-26-35-59(36-27-23-21-19-15-11-2)53(63)40(5)55-52(62)49-43(50-56-57-51(61(50)58-49)44-39-42(64-8)32-34-47(44)65-9)29-24-25-30-48-54(6,7)45-38-41(28-16-12-3)31-33-46(45)60(48)37-17-13-4/h24-25,29-34,38-40H,10-23,26-28,35-37H2,1-9H3,(H,55,62)/b25-24+,43-29-,48-30+. The zero-order valence-corrected chi connectivity index (χ0v) is 41.3. The van der Waals surface area contributed by atoms with Crippen LogP contribution in [0.1, 0.15) is 173 Å². The molecule has 2 aromatic heterocycles. The van der Waals surface area contributed by atoms with Crippen molar-refractivity contribution in [2.75, 3.05) is 38.8 Å². The maximum absolute atomic E-state index is 14.4. The molecule has 1 atom stereocenters. The first-order valence-electron chi connectivity index (χ1n) is 24.9. The van der Waals surface area contributed by atoms with Gasteiger partial charge in [-0.05, 0) is 86.6 Å². The minimum Gasteiger partial charge on any atom is -0.497 e. The lowest BCUT2D eigenvalue weighted by atomic mass is 9.82. The van der Waals surface area contributed by atoms with Gasteiger partial charge in [0.15, 0.2) is 17.2 Å². The van der Waals surface area contributed by atoms with Crippen molar-refractivity contribution in [3.05, 3.63) is 82.4 Å². The molecule has 0 spiro atoms. The Kier molecular flexibility index (Phi) is 19.9. The lowest BCUT2D eigenvalue weighted by Gasteiger charge is -2.27. The minimum atomic E-state index is -0.751. The van der Waals surface area contributed by atoms with Gasteiger partial charge in [0, 0.05) is 36.4 Å². The van der Waals surface area contributed by atoms with Gasteiger partial charge in [-0.1, -0.05) is 143 Å². The Balaban J connectivity index is 1.49. The number of nitrogens with one attached hydrogen (secondary N) is 1. The number of allylic oxidation sites excluding steroid dienone is 4. The summed E-state index contributed by atoms with van der Waals surface area (Å²) in [6.07, 6.45) is 27.5. The van der Waals surface area contributed by atoms with E-state index in [1.165, 1.54) is 86.7 Å². The molecule has 0 fully saturated rings. The van der Waals surface area contributed by atoms with Crippen molar-refractivity contribution in [2.45, 2.75) is 169 Å². The number of ether oxygens (including phenoxy) is 2. The molecule has 1 aliphatic heterocycles. The van der Waals surface area contributed by atoms with E-state index in [0.717, 1.165) is 51.5 Å². The highest BCUT2D eigenvalue weighted by molar-refractivity contribution is 5.97. The number of nitrogens with zero attached hydrogens (tertiary/aromatic N) is 6. The van der Waals surface area contributed by atoms with Crippen LogP contribution in [0.4, 0.5) is 5.69 Å². The molecule has 2 aromatic carbocycles. The third-order valence-electron chi connectivity index (χ3n) is 12.9. The van der Waals surface area contributed by atoms with Crippen LogP contribution >= 0.6 is 0 Å². The van der Waals surface area contributed by atoms with Crippen molar-refractivity contribution >= 4 is 29.2 Å². The van der Waals surface area contributed by atoms with Gasteiger partial charge in [-0.2, -0.15) is 9.61 Å². The number of fused-ring (bicyclic) bond motifs is 2. The topological polar surface area (TPSA) is 114 Å². The molecular formula is C54H79N7O4. The highest BCUT2D eigenvalue weighted by Crippen LogP contribution is 2.48. The van der Waals surface area contributed by atoms with E-state index in [1.54, 1.807) is 25.7 Å². The minimum absolute atomic E-state index is 0.0670. The predicted molar refractivity (Wildman–Crippen MR) is 267 cm³/mol. The second-order valence-corrected chi connectivity index (χ2v) is 18.3. The summed E-state index contributed by atoms with van der Waals surface area (Å²) in [6.45, 7) is 17.7. The molecule has 3 heterocycles. The monoisotopic (exact) mass is 890 g/mol. The SMILES string of the molecule is CCCCCCCCN(CCCCCCCC)C(=O)C(C)NC(=O)c1nn2c(-c3cc(OC)ccc3OC)nnc2\c1=C/C=C/C=C1/N(CCCC)c2ccc(CCCC)cc2C1(C)C. The van der Waals surface area contributed by atoms with Crippen molar-refractivity contribution in [2.24, 2.45) is 0 Å². The summed E-state index contributed by atoms with van der Waals surface area (Å²) in [5.74, 6) is 1.06. The predicted octanol–water partition coefficient (Wildman–Crippen LogP) is 11.4. The molecule has 11 nitrogen and oxygen atoms in total. The molecule has 1 aliphatic rings. The third-order valence-corrected chi connectivity index (χ3v) is 12.9. The fourth-order valence-corrected chi connectivity index (χ4v) is 8.99. The number of unbranched alkanes of at least 4 members (excludes halogenated alkanes) is 12. The quantitative estimate of drug-likeness (QED) is 0.0561. The van der Waals surface area contributed by atoms with Gasteiger partial charge in [-0.3, -0.25) is 9.59 Å². The number of aromatic nitrogens is 4. The fourth-order valence-electron chi connectivity index (χ4n) is 8.99. The number of methoxy groups -OCH3 is 2. The van der Waals surface area contributed by atoms with E-state index in [9.17, 15) is 9.59 Å². The van der Waals surface area contributed by atoms with Crippen LogP contribution in [0.3, 0.4) is 0 Å².